The van der Waals surface area contributed by atoms with Crippen LogP contribution in [0.3, 0.4) is 0 Å². The van der Waals surface area contributed by atoms with E-state index in [0.717, 1.165) is 17.8 Å². The van der Waals surface area contributed by atoms with E-state index in [2.05, 4.69) is 27.7 Å². The lowest BCUT2D eigenvalue weighted by atomic mass is 9.71. The second kappa shape index (κ2) is 5.16. The van der Waals surface area contributed by atoms with E-state index in [4.69, 9.17) is 5.73 Å². The minimum Gasteiger partial charge on any atom is -0.327 e. The van der Waals surface area contributed by atoms with Crippen LogP contribution in [0.2, 0.25) is 0 Å². The maximum Gasteiger partial charge on any atom is 0.00930 e. The highest BCUT2D eigenvalue weighted by Crippen LogP contribution is 2.36. The largest absolute Gasteiger partial charge is 0.327 e. The quantitative estimate of drug-likeness (QED) is 0.737. The molecule has 0 heterocycles. The Labute approximate surface area is 89.5 Å². The van der Waals surface area contributed by atoms with Crippen LogP contribution < -0.4 is 5.73 Å². The second-order valence-electron chi connectivity index (χ2n) is 5.64. The predicted octanol–water partition coefficient (Wildman–Crippen LogP) is 3.43. The molecule has 0 amide bonds. The summed E-state index contributed by atoms with van der Waals surface area (Å²) in [5.41, 5.74) is 6.33. The molecule has 2 N–H and O–H groups in total. The van der Waals surface area contributed by atoms with Crippen molar-refractivity contribution < 1.29 is 0 Å². The van der Waals surface area contributed by atoms with Gasteiger partial charge in [-0.15, -0.1) is 0 Å². The first-order chi connectivity index (χ1) is 6.54. The highest BCUT2D eigenvalue weighted by Gasteiger charge is 2.29. The summed E-state index contributed by atoms with van der Waals surface area (Å²) < 4.78 is 0. The third-order valence-corrected chi connectivity index (χ3v) is 4.06. The predicted molar refractivity (Wildman–Crippen MR) is 63.1 cm³/mol. The minimum atomic E-state index is 0.435. The standard InChI is InChI=1S/C13H27N/c1-5-11(4)13(14)12-7-9(2)6-10(3)8-12/h9-13H,5-8,14H2,1-4H3. The zero-order valence-electron chi connectivity index (χ0n) is 10.3. The Balaban J connectivity index is 2.50. The van der Waals surface area contributed by atoms with Crippen molar-refractivity contribution in [3.05, 3.63) is 0 Å². The Hall–Kier alpha value is -0.0400. The lowest BCUT2D eigenvalue weighted by molar-refractivity contribution is 0.167. The Morgan fingerprint density at radius 1 is 1.14 bits per heavy atom. The van der Waals surface area contributed by atoms with Crippen LogP contribution in [0.5, 0.6) is 0 Å². The Bertz CT molecular complexity index is 157. The van der Waals surface area contributed by atoms with E-state index in [1.807, 2.05) is 0 Å². The van der Waals surface area contributed by atoms with Crippen LogP contribution >= 0.6 is 0 Å². The third-order valence-electron chi connectivity index (χ3n) is 4.06. The van der Waals surface area contributed by atoms with Crippen molar-refractivity contribution in [2.45, 2.75) is 59.4 Å². The van der Waals surface area contributed by atoms with Gasteiger partial charge in [-0.1, -0.05) is 34.1 Å². The molecule has 0 saturated heterocycles. The summed E-state index contributed by atoms with van der Waals surface area (Å²) in [4.78, 5) is 0. The van der Waals surface area contributed by atoms with Crippen LogP contribution in [0.15, 0.2) is 0 Å². The summed E-state index contributed by atoms with van der Waals surface area (Å²) in [5.74, 6) is 3.25. The molecule has 0 aromatic rings. The van der Waals surface area contributed by atoms with Gasteiger partial charge in [-0.05, 0) is 42.9 Å². The van der Waals surface area contributed by atoms with Gasteiger partial charge in [0, 0.05) is 6.04 Å². The molecule has 0 bridgehead atoms. The van der Waals surface area contributed by atoms with Crippen molar-refractivity contribution in [1.82, 2.24) is 0 Å². The van der Waals surface area contributed by atoms with Gasteiger partial charge in [0.2, 0.25) is 0 Å². The van der Waals surface area contributed by atoms with Crippen LogP contribution in [0.1, 0.15) is 53.4 Å². The molecule has 0 aromatic carbocycles. The molecule has 1 aliphatic carbocycles. The molecule has 1 saturated carbocycles. The average molecular weight is 197 g/mol. The van der Waals surface area contributed by atoms with E-state index in [9.17, 15) is 0 Å². The smallest absolute Gasteiger partial charge is 0.00930 e. The van der Waals surface area contributed by atoms with E-state index in [-0.39, 0.29) is 0 Å². The van der Waals surface area contributed by atoms with Gasteiger partial charge >= 0.3 is 0 Å². The highest BCUT2D eigenvalue weighted by molar-refractivity contribution is 4.84. The number of hydrogen-bond acceptors (Lipinski definition) is 1. The summed E-state index contributed by atoms with van der Waals surface area (Å²) in [5, 5.41) is 0. The van der Waals surface area contributed by atoms with Crippen LogP contribution in [0.4, 0.5) is 0 Å². The molecule has 1 nitrogen and oxygen atoms in total. The molecule has 14 heavy (non-hydrogen) atoms. The summed E-state index contributed by atoms with van der Waals surface area (Å²) in [7, 11) is 0. The van der Waals surface area contributed by atoms with E-state index in [1.165, 1.54) is 25.7 Å². The van der Waals surface area contributed by atoms with Crippen LogP contribution in [0.25, 0.3) is 0 Å². The van der Waals surface area contributed by atoms with Crippen LogP contribution in [-0.4, -0.2) is 6.04 Å². The van der Waals surface area contributed by atoms with Crippen molar-refractivity contribution in [2.75, 3.05) is 0 Å². The Kier molecular flexibility index (Phi) is 4.43. The van der Waals surface area contributed by atoms with Crippen molar-refractivity contribution in [2.24, 2.45) is 29.4 Å². The molecule has 1 aliphatic rings. The fourth-order valence-corrected chi connectivity index (χ4v) is 3.06. The molecule has 1 heteroatoms. The van der Waals surface area contributed by atoms with Gasteiger partial charge in [-0.25, -0.2) is 0 Å². The van der Waals surface area contributed by atoms with Crippen molar-refractivity contribution in [3.8, 4) is 0 Å². The maximum atomic E-state index is 6.33. The molecule has 0 aliphatic heterocycles. The number of hydrogen-bond donors (Lipinski definition) is 1. The van der Waals surface area contributed by atoms with Crippen LogP contribution in [-0.2, 0) is 0 Å². The summed E-state index contributed by atoms with van der Waals surface area (Å²) >= 11 is 0. The summed E-state index contributed by atoms with van der Waals surface area (Å²) in [6, 6.07) is 0.435. The molecule has 84 valence electrons. The van der Waals surface area contributed by atoms with Gasteiger partial charge in [0.15, 0.2) is 0 Å². The topological polar surface area (TPSA) is 26.0 Å². The van der Waals surface area contributed by atoms with Gasteiger partial charge in [0.05, 0.1) is 0 Å². The van der Waals surface area contributed by atoms with E-state index in [1.54, 1.807) is 0 Å². The zero-order valence-corrected chi connectivity index (χ0v) is 10.3. The van der Waals surface area contributed by atoms with Crippen molar-refractivity contribution >= 4 is 0 Å². The van der Waals surface area contributed by atoms with E-state index in [0.29, 0.717) is 12.0 Å². The summed E-state index contributed by atoms with van der Waals surface area (Å²) in [6.07, 6.45) is 5.34. The Morgan fingerprint density at radius 2 is 1.64 bits per heavy atom. The maximum absolute atomic E-state index is 6.33. The van der Waals surface area contributed by atoms with Crippen LogP contribution in [0, 0.1) is 23.7 Å². The number of rotatable bonds is 3. The lowest BCUT2D eigenvalue weighted by Crippen LogP contribution is -2.39. The second-order valence-corrected chi connectivity index (χ2v) is 5.64. The molecule has 0 spiro atoms. The minimum absolute atomic E-state index is 0.435. The molecule has 0 radical (unpaired) electrons. The van der Waals surface area contributed by atoms with Crippen molar-refractivity contribution in [3.63, 3.8) is 0 Å². The lowest BCUT2D eigenvalue weighted by Gasteiger charge is -2.37. The molecule has 1 fully saturated rings. The van der Waals surface area contributed by atoms with Gasteiger partial charge < -0.3 is 5.73 Å². The first-order valence-electron chi connectivity index (χ1n) is 6.30. The average Bonchev–Trinajstić information content (AvgIpc) is 2.14. The fraction of sp³-hybridized carbons (Fsp3) is 1.00. The monoisotopic (exact) mass is 197 g/mol. The number of nitrogens with two attached hydrogens (primary N) is 1. The van der Waals surface area contributed by atoms with Gasteiger partial charge in [0.25, 0.3) is 0 Å². The normalized spacial score (nSPS) is 37.9. The van der Waals surface area contributed by atoms with Gasteiger partial charge in [0.1, 0.15) is 0 Å². The SMILES string of the molecule is CCC(C)C(N)C1CC(C)CC(C)C1. The molecule has 0 aromatic heterocycles. The molecule has 1 rings (SSSR count). The molecular formula is C13H27N. The van der Waals surface area contributed by atoms with E-state index < -0.39 is 0 Å². The Morgan fingerprint density at radius 3 is 2.07 bits per heavy atom. The van der Waals surface area contributed by atoms with E-state index >= 15 is 0 Å². The molecular weight excluding hydrogens is 170 g/mol. The third kappa shape index (κ3) is 2.98. The first kappa shape index (κ1) is 12.0. The highest BCUT2D eigenvalue weighted by atomic mass is 14.7. The molecule has 4 atom stereocenters. The van der Waals surface area contributed by atoms with Gasteiger partial charge in [-0.3, -0.25) is 0 Å². The molecule has 4 unspecified atom stereocenters. The first-order valence-corrected chi connectivity index (χ1v) is 6.30. The zero-order chi connectivity index (χ0) is 10.7. The fourth-order valence-electron chi connectivity index (χ4n) is 3.06. The van der Waals surface area contributed by atoms with Gasteiger partial charge in [-0.2, -0.15) is 0 Å². The summed E-state index contributed by atoms with van der Waals surface area (Å²) in [6.45, 7) is 9.31. The van der Waals surface area contributed by atoms with Crippen molar-refractivity contribution in [1.29, 1.82) is 0 Å².